The molecule has 0 aliphatic rings. The van der Waals surface area contributed by atoms with Crippen LogP contribution in [0.5, 0.6) is 0 Å². The van der Waals surface area contributed by atoms with Gasteiger partial charge in [0.25, 0.3) is 0 Å². The van der Waals surface area contributed by atoms with E-state index in [0.717, 1.165) is 0 Å². The molecule has 0 atom stereocenters. The van der Waals surface area contributed by atoms with Crippen molar-refractivity contribution < 1.29 is 39.3 Å². The number of alkyl halides is 6. The first-order chi connectivity index (χ1) is 7.83. The second-order valence-electron chi connectivity index (χ2n) is 3.16. The Hall–Kier alpha value is -1.29. The molecular weight excluding hydrogens is 290 g/mol. The second-order valence-corrected chi connectivity index (χ2v) is 4.51. The molecule has 1 aromatic rings. The van der Waals surface area contributed by atoms with Gasteiger partial charge in [-0.3, -0.25) is 0 Å². The van der Waals surface area contributed by atoms with Crippen LogP contribution in [-0.4, -0.2) is 13.0 Å². The largest absolute Gasteiger partial charge is 0.744 e. The lowest BCUT2D eigenvalue weighted by molar-refractivity contribution is -0.144. The topological polar surface area (TPSA) is 57.2 Å². The second kappa shape index (κ2) is 4.12. The van der Waals surface area contributed by atoms with Crippen LogP contribution >= 0.6 is 0 Å². The fourth-order valence-corrected chi connectivity index (χ4v) is 1.82. The molecule has 0 radical (unpaired) electrons. The summed E-state index contributed by atoms with van der Waals surface area (Å²) in [6.45, 7) is 0. The summed E-state index contributed by atoms with van der Waals surface area (Å²) in [5, 5.41) is 0. The van der Waals surface area contributed by atoms with Crippen molar-refractivity contribution >= 4 is 10.1 Å². The quantitative estimate of drug-likeness (QED) is 0.591. The van der Waals surface area contributed by atoms with E-state index in [1.807, 2.05) is 0 Å². The van der Waals surface area contributed by atoms with E-state index in [4.69, 9.17) is 0 Å². The fourth-order valence-electron chi connectivity index (χ4n) is 1.15. The SMILES string of the molecule is O=S(=O)([O-])c1ccc(C(F)(F)F)cc1C(F)(F)F. The molecule has 18 heavy (non-hydrogen) atoms. The van der Waals surface area contributed by atoms with Crippen LogP contribution in [0.3, 0.4) is 0 Å². The zero-order valence-corrected chi connectivity index (χ0v) is 8.95. The van der Waals surface area contributed by atoms with Crippen LogP contribution in [0.25, 0.3) is 0 Å². The third kappa shape index (κ3) is 3.13. The van der Waals surface area contributed by atoms with Crippen molar-refractivity contribution in [3.05, 3.63) is 29.3 Å². The van der Waals surface area contributed by atoms with Crippen molar-refractivity contribution in [1.82, 2.24) is 0 Å². The highest BCUT2D eigenvalue weighted by Crippen LogP contribution is 2.38. The van der Waals surface area contributed by atoms with Crippen LogP contribution in [0.2, 0.25) is 0 Å². The van der Waals surface area contributed by atoms with Gasteiger partial charge in [-0.05, 0) is 18.2 Å². The predicted molar refractivity (Wildman–Crippen MR) is 44.4 cm³/mol. The highest BCUT2D eigenvalue weighted by atomic mass is 32.2. The molecule has 0 heterocycles. The predicted octanol–water partition coefficient (Wildman–Crippen LogP) is 2.63. The minimum absolute atomic E-state index is 0.00597. The van der Waals surface area contributed by atoms with Gasteiger partial charge in [0.1, 0.15) is 10.1 Å². The van der Waals surface area contributed by atoms with Gasteiger partial charge in [0.2, 0.25) is 0 Å². The number of benzene rings is 1. The van der Waals surface area contributed by atoms with E-state index in [0.29, 0.717) is 0 Å². The number of rotatable bonds is 1. The van der Waals surface area contributed by atoms with E-state index in [2.05, 4.69) is 0 Å². The fraction of sp³-hybridized carbons (Fsp3) is 0.250. The van der Waals surface area contributed by atoms with Crippen LogP contribution in [0.4, 0.5) is 26.3 Å². The molecule has 0 aliphatic heterocycles. The Balaban J connectivity index is 3.61. The van der Waals surface area contributed by atoms with E-state index in [1.54, 1.807) is 0 Å². The molecule has 1 aromatic carbocycles. The van der Waals surface area contributed by atoms with Crippen molar-refractivity contribution in [2.45, 2.75) is 17.2 Å². The first kappa shape index (κ1) is 14.8. The minimum atomic E-state index is -5.52. The van der Waals surface area contributed by atoms with Crippen LogP contribution < -0.4 is 0 Å². The van der Waals surface area contributed by atoms with E-state index in [1.165, 1.54) is 0 Å². The van der Waals surface area contributed by atoms with Gasteiger partial charge in [0.05, 0.1) is 16.0 Å². The van der Waals surface area contributed by atoms with Gasteiger partial charge in [-0.2, -0.15) is 26.3 Å². The zero-order valence-electron chi connectivity index (χ0n) is 8.13. The van der Waals surface area contributed by atoms with Gasteiger partial charge in [-0.15, -0.1) is 0 Å². The zero-order chi connectivity index (χ0) is 14.4. The Labute approximate surface area is 96.8 Å². The molecule has 0 unspecified atom stereocenters. The van der Waals surface area contributed by atoms with Crippen LogP contribution in [0.15, 0.2) is 23.1 Å². The van der Waals surface area contributed by atoms with Crippen molar-refractivity contribution in [3.8, 4) is 0 Å². The highest BCUT2D eigenvalue weighted by Gasteiger charge is 2.39. The maximum atomic E-state index is 12.4. The van der Waals surface area contributed by atoms with E-state index in [-0.39, 0.29) is 12.1 Å². The molecule has 102 valence electrons. The summed E-state index contributed by atoms with van der Waals surface area (Å²) in [4.78, 5) is -1.73. The summed E-state index contributed by atoms with van der Waals surface area (Å²) in [7, 11) is -5.52. The Morgan fingerprint density at radius 2 is 1.44 bits per heavy atom. The van der Waals surface area contributed by atoms with Gasteiger partial charge < -0.3 is 4.55 Å². The van der Waals surface area contributed by atoms with Gasteiger partial charge in [-0.1, -0.05) is 0 Å². The summed E-state index contributed by atoms with van der Waals surface area (Å²) in [5.41, 5.74) is -3.82. The van der Waals surface area contributed by atoms with E-state index < -0.39 is 44.6 Å². The van der Waals surface area contributed by atoms with Crippen LogP contribution in [0.1, 0.15) is 11.1 Å². The molecule has 0 amide bonds. The van der Waals surface area contributed by atoms with Crippen molar-refractivity contribution in [2.75, 3.05) is 0 Å². The summed E-state index contributed by atoms with van der Waals surface area (Å²) < 4.78 is 105. The first-order valence-electron chi connectivity index (χ1n) is 4.08. The molecule has 0 saturated carbocycles. The molecular formula is C8H3F6O3S-. The summed E-state index contributed by atoms with van der Waals surface area (Å²) in [6, 6.07) is -0.321. The molecule has 0 fully saturated rings. The van der Waals surface area contributed by atoms with Gasteiger partial charge in [0, 0.05) is 0 Å². The molecule has 10 heteroatoms. The van der Waals surface area contributed by atoms with Crippen LogP contribution in [-0.2, 0) is 22.5 Å². The average Bonchev–Trinajstić information content (AvgIpc) is 2.12. The monoisotopic (exact) mass is 293 g/mol. The van der Waals surface area contributed by atoms with E-state index >= 15 is 0 Å². The lowest BCUT2D eigenvalue weighted by Gasteiger charge is -2.17. The Morgan fingerprint density at radius 1 is 0.944 bits per heavy atom. The van der Waals surface area contributed by atoms with E-state index in [9.17, 15) is 39.3 Å². The molecule has 0 bridgehead atoms. The maximum absolute atomic E-state index is 12.4. The average molecular weight is 293 g/mol. The Morgan fingerprint density at radius 3 is 1.78 bits per heavy atom. The number of halogens is 6. The normalized spacial score (nSPS) is 13.7. The summed E-state index contributed by atoms with van der Waals surface area (Å²) >= 11 is 0. The minimum Gasteiger partial charge on any atom is -0.744 e. The third-order valence-corrected chi connectivity index (χ3v) is 2.78. The Bertz CT molecular complexity index is 557. The standard InChI is InChI=1S/C8H4F6O3S/c9-7(10,11)4-1-2-6(18(15,16)17)5(3-4)8(12,13)14/h1-3H,(H,15,16,17)/p-1. The van der Waals surface area contributed by atoms with Gasteiger partial charge >= 0.3 is 12.4 Å². The maximum Gasteiger partial charge on any atom is 0.417 e. The lowest BCUT2D eigenvalue weighted by Crippen LogP contribution is -2.15. The first-order valence-corrected chi connectivity index (χ1v) is 5.48. The van der Waals surface area contributed by atoms with Crippen molar-refractivity contribution in [2.24, 2.45) is 0 Å². The molecule has 0 N–H and O–H groups in total. The molecule has 0 aromatic heterocycles. The van der Waals surface area contributed by atoms with Gasteiger partial charge in [-0.25, -0.2) is 8.42 Å². The smallest absolute Gasteiger partial charge is 0.417 e. The van der Waals surface area contributed by atoms with Crippen molar-refractivity contribution in [3.63, 3.8) is 0 Å². The molecule has 0 saturated heterocycles. The summed E-state index contributed by atoms with van der Waals surface area (Å²) in [6.07, 6.45) is -10.5. The Kier molecular flexibility index (Phi) is 3.38. The summed E-state index contributed by atoms with van der Waals surface area (Å²) in [5.74, 6) is 0. The molecule has 0 spiro atoms. The van der Waals surface area contributed by atoms with Gasteiger partial charge in [0.15, 0.2) is 0 Å². The molecule has 0 aliphatic carbocycles. The lowest BCUT2D eigenvalue weighted by atomic mass is 10.1. The van der Waals surface area contributed by atoms with Crippen LogP contribution in [0, 0.1) is 0 Å². The molecule has 1 rings (SSSR count). The molecule has 3 nitrogen and oxygen atoms in total. The highest BCUT2D eigenvalue weighted by molar-refractivity contribution is 7.85. The number of hydrogen-bond donors (Lipinski definition) is 0. The van der Waals surface area contributed by atoms with Crippen molar-refractivity contribution in [1.29, 1.82) is 0 Å². The third-order valence-electron chi connectivity index (χ3n) is 1.88. The number of hydrogen-bond acceptors (Lipinski definition) is 3.